The smallest absolute Gasteiger partial charge is 0.387 e. The van der Waals surface area contributed by atoms with Gasteiger partial charge in [0, 0.05) is 18.7 Å². The summed E-state index contributed by atoms with van der Waals surface area (Å²) < 4.78 is 61.1. The third kappa shape index (κ3) is 6.53. The van der Waals surface area contributed by atoms with Crippen molar-refractivity contribution in [1.29, 1.82) is 0 Å². The van der Waals surface area contributed by atoms with Crippen molar-refractivity contribution < 1.29 is 31.5 Å². The monoisotopic (exact) mass is 440 g/mol. The molecular weight excluding hydrogens is 418 g/mol. The predicted octanol–water partition coefficient (Wildman–Crippen LogP) is 2.73. The minimum absolute atomic E-state index is 0.0408. The number of benzene rings is 2. The van der Waals surface area contributed by atoms with E-state index in [-0.39, 0.29) is 35.0 Å². The van der Waals surface area contributed by atoms with Gasteiger partial charge >= 0.3 is 6.61 Å². The van der Waals surface area contributed by atoms with E-state index in [1.165, 1.54) is 49.6 Å². The Morgan fingerprint density at radius 3 is 2.63 bits per heavy atom. The van der Waals surface area contributed by atoms with E-state index in [1.54, 1.807) is 6.07 Å². The van der Waals surface area contributed by atoms with Crippen molar-refractivity contribution in [3.05, 3.63) is 66.2 Å². The molecule has 0 unspecified atom stereocenters. The number of amides is 1. The molecule has 2 rings (SSSR count). The van der Waals surface area contributed by atoms with Gasteiger partial charge in [-0.05, 0) is 42.3 Å². The van der Waals surface area contributed by atoms with Crippen molar-refractivity contribution in [2.75, 3.05) is 20.2 Å². The number of methoxy groups -OCH3 is 1. The van der Waals surface area contributed by atoms with E-state index >= 15 is 0 Å². The molecule has 1 amide bonds. The molecular formula is C20H22F2N2O5S. The lowest BCUT2D eigenvalue weighted by Gasteiger charge is -2.12. The second kappa shape index (κ2) is 10.7. The van der Waals surface area contributed by atoms with Crippen LogP contribution in [0, 0.1) is 0 Å². The molecule has 2 aromatic carbocycles. The summed E-state index contributed by atoms with van der Waals surface area (Å²) in [7, 11) is -2.41. The van der Waals surface area contributed by atoms with Crippen LogP contribution in [0.3, 0.4) is 0 Å². The van der Waals surface area contributed by atoms with E-state index in [1.807, 2.05) is 0 Å². The molecule has 0 spiro atoms. The lowest BCUT2D eigenvalue weighted by atomic mass is 10.1. The number of carbonyl (C=O) groups excluding carboxylic acids is 1. The minimum atomic E-state index is -3.75. The number of alkyl halides is 2. The van der Waals surface area contributed by atoms with Gasteiger partial charge < -0.3 is 14.8 Å². The molecule has 0 aliphatic carbocycles. The topological polar surface area (TPSA) is 93.7 Å². The SMILES string of the molecule is C=CCNS(=O)(=O)c1cccc(C(=O)NCCc2ccc(OC)c(OC(F)F)c2)c1. The second-order valence-electron chi connectivity index (χ2n) is 6.04. The summed E-state index contributed by atoms with van der Waals surface area (Å²) in [5.74, 6) is -0.388. The van der Waals surface area contributed by atoms with E-state index in [2.05, 4.69) is 21.4 Å². The number of hydrogen-bond donors (Lipinski definition) is 2. The summed E-state index contributed by atoms with van der Waals surface area (Å²) in [5, 5.41) is 2.67. The highest BCUT2D eigenvalue weighted by molar-refractivity contribution is 7.89. The highest BCUT2D eigenvalue weighted by atomic mass is 32.2. The average molecular weight is 440 g/mol. The summed E-state index contributed by atoms with van der Waals surface area (Å²) in [4.78, 5) is 12.3. The van der Waals surface area contributed by atoms with Gasteiger partial charge in [0.1, 0.15) is 0 Å². The number of hydrogen-bond acceptors (Lipinski definition) is 5. The molecule has 0 fully saturated rings. The Labute approximate surface area is 173 Å². The minimum Gasteiger partial charge on any atom is -0.493 e. The first-order chi connectivity index (χ1) is 14.3. The molecule has 0 aliphatic heterocycles. The Bertz CT molecular complexity index is 996. The van der Waals surface area contributed by atoms with Crippen LogP contribution in [0.4, 0.5) is 8.78 Å². The standard InChI is InChI=1S/C20H22F2N2O5S/c1-3-10-24-30(26,27)16-6-4-5-15(13-16)19(25)23-11-9-14-7-8-17(28-2)18(12-14)29-20(21)22/h3-8,12-13,20,24H,1,9-11H2,2H3,(H,23,25). The number of ether oxygens (including phenoxy) is 2. The molecule has 0 heterocycles. The Morgan fingerprint density at radius 2 is 1.97 bits per heavy atom. The Hall–Kier alpha value is -2.98. The first-order valence-corrected chi connectivity index (χ1v) is 10.4. The molecule has 0 aromatic heterocycles. The van der Waals surface area contributed by atoms with Gasteiger partial charge in [0.05, 0.1) is 12.0 Å². The van der Waals surface area contributed by atoms with Gasteiger partial charge in [-0.1, -0.05) is 18.2 Å². The van der Waals surface area contributed by atoms with Crippen LogP contribution in [-0.2, 0) is 16.4 Å². The molecule has 0 aliphatic rings. The van der Waals surface area contributed by atoms with Crippen molar-refractivity contribution in [3.63, 3.8) is 0 Å². The molecule has 7 nitrogen and oxygen atoms in total. The normalized spacial score (nSPS) is 11.2. The van der Waals surface area contributed by atoms with Crippen LogP contribution in [-0.4, -0.2) is 41.1 Å². The molecule has 0 saturated heterocycles. The molecule has 0 atom stereocenters. The van der Waals surface area contributed by atoms with Crippen LogP contribution >= 0.6 is 0 Å². The molecule has 0 saturated carbocycles. The van der Waals surface area contributed by atoms with Crippen molar-refractivity contribution in [1.82, 2.24) is 10.0 Å². The molecule has 2 aromatic rings. The number of nitrogens with one attached hydrogen (secondary N) is 2. The number of halogens is 2. The van der Waals surface area contributed by atoms with Gasteiger partial charge in [0.2, 0.25) is 10.0 Å². The largest absolute Gasteiger partial charge is 0.493 e. The summed E-state index contributed by atoms with van der Waals surface area (Å²) in [5.41, 5.74) is 0.824. The molecule has 162 valence electrons. The van der Waals surface area contributed by atoms with E-state index in [0.29, 0.717) is 12.0 Å². The van der Waals surface area contributed by atoms with Gasteiger partial charge in [0.25, 0.3) is 5.91 Å². The van der Waals surface area contributed by atoms with Gasteiger partial charge in [-0.2, -0.15) is 8.78 Å². The van der Waals surface area contributed by atoms with Gasteiger partial charge in [-0.15, -0.1) is 6.58 Å². The average Bonchev–Trinajstić information content (AvgIpc) is 2.72. The molecule has 30 heavy (non-hydrogen) atoms. The maximum atomic E-state index is 12.5. The second-order valence-corrected chi connectivity index (χ2v) is 7.80. The molecule has 0 bridgehead atoms. The fraction of sp³-hybridized carbons (Fsp3) is 0.250. The highest BCUT2D eigenvalue weighted by Crippen LogP contribution is 2.29. The Balaban J connectivity index is 2.01. The number of rotatable bonds is 11. The van der Waals surface area contributed by atoms with E-state index < -0.39 is 22.5 Å². The quantitative estimate of drug-likeness (QED) is 0.524. The fourth-order valence-corrected chi connectivity index (χ4v) is 3.59. The number of sulfonamides is 1. The maximum Gasteiger partial charge on any atom is 0.387 e. The zero-order valence-electron chi connectivity index (χ0n) is 16.2. The van der Waals surface area contributed by atoms with Crippen molar-refractivity contribution in [2.24, 2.45) is 0 Å². The fourth-order valence-electron chi connectivity index (χ4n) is 2.54. The maximum absolute atomic E-state index is 12.5. The first-order valence-electron chi connectivity index (χ1n) is 8.87. The summed E-state index contributed by atoms with van der Waals surface area (Å²) >= 11 is 0. The summed E-state index contributed by atoms with van der Waals surface area (Å²) in [6, 6.07) is 10.2. The first kappa shape index (κ1) is 23.3. The van der Waals surface area contributed by atoms with Crippen LogP contribution in [0.1, 0.15) is 15.9 Å². The van der Waals surface area contributed by atoms with Crippen LogP contribution in [0.15, 0.2) is 60.0 Å². The third-order valence-corrected chi connectivity index (χ3v) is 5.39. The highest BCUT2D eigenvalue weighted by Gasteiger charge is 2.16. The summed E-state index contributed by atoms with van der Waals surface area (Å²) in [6.45, 7) is 0.727. The van der Waals surface area contributed by atoms with Crippen LogP contribution in [0.5, 0.6) is 11.5 Å². The Morgan fingerprint density at radius 1 is 1.20 bits per heavy atom. The lowest BCUT2D eigenvalue weighted by molar-refractivity contribution is -0.0512. The zero-order chi connectivity index (χ0) is 22.1. The molecule has 0 radical (unpaired) electrons. The van der Waals surface area contributed by atoms with Gasteiger partial charge in [0.15, 0.2) is 11.5 Å². The van der Waals surface area contributed by atoms with Crippen molar-refractivity contribution >= 4 is 15.9 Å². The van der Waals surface area contributed by atoms with E-state index in [9.17, 15) is 22.0 Å². The van der Waals surface area contributed by atoms with Crippen LogP contribution in [0.2, 0.25) is 0 Å². The Kier molecular flexibility index (Phi) is 8.31. The van der Waals surface area contributed by atoms with Crippen molar-refractivity contribution in [3.8, 4) is 11.5 Å². The summed E-state index contributed by atoms with van der Waals surface area (Å²) in [6.07, 6.45) is 1.75. The zero-order valence-corrected chi connectivity index (χ0v) is 17.0. The third-order valence-electron chi connectivity index (χ3n) is 3.97. The van der Waals surface area contributed by atoms with Crippen molar-refractivity contribution in [2.45, 2.75) is 17.9 Å². The van der Waals surface area contributed by atoms with E-state index in [0.717, 1.165) is 0 Å². The van der Waals surface area contributed by atoms with Crippen LogP contribution < -0.4 is 19.5 Å². The van der Waals surface area contributed by atoms with Crippen LogP contribution in [0.25, 0.3) is 0 Å². The predicted molar refractivity (Wildman–Crippen MR) is 107 cm³/mol. The van der Waals surface area contributed by atoms with Gasteiger partial charge in [-0.3, -0.25) is 4.79 Å². The van der Waals surface area contributed by atoms with E-state index in [4.69, 9.17) is 4.74 Å². The van der Waals surface area contributed by atoms with Gasteiger partial charge in [-0.25, -0.2) is 13.1 Å². The molecule has 2 N–H and O–H groups in total. The molecule has 10 heteroatoms. The number of carbonyl (C=O) groups is 1. The lowest BCUT2D eigenvalue weighted by Crippen LogP contribution is -2.27.